The number of carbonyl (C=O) groups excluding carboxylic acids is 1. The fraction of sp³-hybridized carbons (Fsp3) is 0.200. The molecule has 1 saturated heterocycles. The van der Waals surface area contributed by atoms with Gasteiger partial charge in [-0.15, -0.1) is 0 Å². The zero-order valence-corrected chi connectivity index (χ0v) is 15.8. The molecule has 27 heavy (non-hydrogen) atoms. The maximum absolute atomic E-state index is 13.3. The highest BCUT2D eigenvalue weighted by atomic mass is 32.1. The quantitative estimate of drug-likeness (QED) is 0.608. The molecule has 1 N–H and O–H groups in total. The van der Waals surface area contributed by atoms with Gasteiger partial charge < -0.3 is 14.8 Å². The predicted octanol–water partition coefficient (Wildman–Crippen LogP) is 3.49. The van der Waals surface area contributed by atoms with E-state index in [1.807, 2.05) is 13.0 Å². The number of ether oxygens (including phenoxy) is 2. The summed E-state index contributed by atoms with van der Waals surface area (Å²) in [5, 5.41) is 3.25. The molecule has 1 amide bonds. The zero-order chi connectivity index (χ0) is 19.4. The Morgan fingerprint density at radius 1 is 1.19 bits per heavy atom. The van der Waals surface area contributed by atoms with Gasteiger partial charge in [0.05, 0.1) is 6.61 Å². The van der Waals surface area contributed by atoms with E-state index in [2.05, 4.69) is 5.32 Å². The van der Waals surface area contributed by atoms with Gasteiger partial charge in [0, 0.05) is 7.05 Å². The second-order valence-corrected chi connectivity index (χ2v) is 6.30. The van der Waals surface area contributed by atoms with E-state index in [9.17, 15) is 9.18 Å². The standard InChI is InChI=1S/C20H19FN2O3S/c1-3-25-18-11-13(10-16-19(24)23(2)20(27)22-16)7-8-17(18)26-12-14-5-4-6-15(21)9-14/h4-11H,3,12H2,1-2H3,(H,22,27)/b16-10-. The van der Waals surface area contributed by atoms with Crippen LogP contribution in [-0.2, 0) is 11.4 Å². The molecule has 0 radical (unpaired) electrons. The smallest absolute Gasteiger partial charge is 0.276 e. The van der Waals surface area contributed by atoms with Crippen molar-refractivity contribution in [3.63, 3.8) is 0 Å². The summed E-state index contributed by atoms with van der Waals surface area (Å²) in [6.07, 6.45) is 1.71. The van der Waals surface area contributed by atoms with Gasteiger partial charge in [-0.05, 0) is 60.6 Å². The molecular formula is C20H19FN2O3S. The number of nitrogens with zero attached hydrogens (tertiary/aromatic N) is 1. The second-order valence-electron chi connectivity index (χ2n) is 5.91. The molecule has 2 aromatic carbocycles. The van der Waals surface area contributed by atoms with Crippen molar-refractivity contribution in [3.05, 3.63) is 65.1 Å². The molecule has 1 heterocycles. The van der Waals surface area contributed by atoms with Crippen molar-refractivity contribution in [2.24, 2.45) is 0 Å². The summed E-state index contributed by atoms with van der Waals surface area (Å²) in [4.78, 5) is 13.5. The van der Waals surface area contributed by atoms with Gasteiger partial charge in [0.15, 0.2) is 16.6 Å². The van der Waals surface area contributed by atoms with Gasteiger partial charge in [-0.3, -0.25) is 9.69 Å². The molecule has 7 heteroatoms. The van der Waals surface area contributed by atoms with Gasteiger partial charge in [-0.1, -0.05) is 18.2 Å². The van der Waals surface area contributed by atoms with Crippen molar-refractivity contribution in [3.8, 4) is 11.5 Å². The lowest BCUT2D eigenvalue weighted by molar-refractivity contribution is -0.121. The third-order valence-corrected chi connectivity index (χ3v) is 4.32. The maximum Gasteiger partial charge on any atom is 0.276 e. The van der Waals surface area contributed by atoms with Gasteiger partial charge in [0.1, 0.15) is 18.1 Å². The minimum atomic E-state index is -0.306. The number of hydrogen-bond donors (Lipinski definition) is 1. The molecule has 0 atom stereocenters. The van der Waals surface area contributed by atoms with Crippen LogP contribution in [0.4, 0.5) is 4.39 Å². The Bertz CT molecular complexity index is 914. The number of nitrogens with one attached hydrogen (secondary N) is 1. The minimum Gasteiger partial charge on any atom is -0.490 e. The van der Waals surface area contributed by atoms with Crippen molar-refractivity contribution >= 4 is 29.3 Å². The highest BCUT2D eigenvalue weighted by Gasteiger charge is 2.27. The number of thiocarbonyl (C=S) groups is 1. The van der Waals surface area contributed by atoms with E-state index >= 15 is 0 Å². The zero-order valence-electron chi connectivity index (χ0n) is 15.0. The number of halogens is 1. The largest absolute Gasteiger partial charge is 0.490 e. The summed E-state index contributed by atoms with van der Waals surface area (Å²) in [7, 11) is 1.62. The SMILES string of the molecule is CCOc1cc(/C=C2\NC(=S)N(C)C2=O)ccc1OCc1cccc(F)c1. The number of likely N-dealkylation sites (N-methyl/N-ethyl adjacent to an activating group) is 1. The highest BCUT2D eigenvalue weighted by molar-refractivity contribution is 7.80. The number of carbonyl (C=O) groups is 1. The van der Waals surface area contributed by atoms with E-state index in [4.69, 9.17) is 21.7 Å². The molecule has 2 aromatic rings. The average molecular weight is 386 g/mol. The molecule has 0 saturated carbocycles. The van der Waals surface area contributed by atoms with Gasteiger partial charge in [0.25, 0.3) is 5.91 Å². The van der Waals surface area contributed by atoms with Gasteiger partial charge in [0.2, 0.25) is 0 Å². The first-order valence-electron chi connectivity index (χ1n) is 8.42. The Kier molecular flexibility index (Phi) is 5.71. The molecule has 1 aliphatic rings. The first kappa shape index (κ1) is 18.8. The van der Waals surface area contributed by atoms with Crippen LogP contribution in [-0.4, -0.2) is 29.6 Å². The Labute approximate surface area is 162 Å². The summed E-state index contributed by atoms with van der Waals surface area (Å²) >= 11 is 5.07. The average Bonchev–Trinajstić information content (AvgIpc) is 2.88. The van der Waals surface area contributed by atoms with Gasteiger partial charge in [-0.2, -0.15) is 0 Å². The van der Waals surface area contributed by atoms with Crippen LogP contribution in [0.2, 0.25) is 0 Å². The molecule has 0 unspecified atom stereocenters. The normalized spacial score (nSPS) is 15.2. The van der Waals surface area contributed by atoms with E-state index in [0.717, 1.165) is 11.1 Å². The van der Waals surface area contributed by atoms with Crippen LogP contribution in [0, 0.1) is 5.82 Å². The van der Waals surface area contributed by atoms with Crippen molar-refractivity contribution in [2.75, 3.05) is 13.7 Å². The maximum atomic E-state index is 13.3. The van der Waals surface area contributed by atoms with Crippen LogP contribution in [0.3, 0.4) is 0 Å². The van der Waals surface area contributed by atoms with Crippen molar-refractivity contribution in [2.45, 2.75) is 13.5 Å². The molecule has 0 aliphatic carbocycles. The minimum absolute atomic E-state index is 0.190. The lowest BCUT2D eigenvalue weighted by Gasteiger charge is -2.13. The van der Waals surface area contributed by atoms with E-state index in [-0.39, 0.29) is 18.3 Å². The summed E-state index contributed by atoms with van der Waals surface area (Å²) in [5.74, 6) is 0.593. The summed E-state index contributed by atoms with van der Waals surface area (Å²) in [6, 6.07) is 11.6. The molecule has 140 valence electrons. The molecular weight excluding hydrogens is 367 g/mol. The van der Waals surface area contributed by atoms with Gasteiger partial charge >= 0.3 is 0 Å². The Balaban J connectivity index is 1.80. The molecule has 5 nitrogen and oxygen atoms in total. The number of hydrogen-bond acceptors (Lipinski definition) is 4. The van der Waals surface area contributed by atoms with Crippen LogP contribution >= 0.6 is 12.2 Å². The first-order valence-corrected chi connectivity index (χ1v) is 8.83. The number of benzene rings is 2. The topological polar surface area (TPSA) is 50.8 Å². The molecule has 0 spiro atoms. The van der Waals surface area contributed by atoms with Crippen LogP contribution in [0.25, 0.3) is 6.08 Å². The summed E-state index contributed by atoms with van der Waals surface area (Å²) in [6.45, 7) is 2.55. The van der Waals surface area contributed by atoms with Crippen LogP contribution in [0.15, 0.2) is 48.2 Å². The van der Waals surface area contributed by atoms with Crippen LogP contribution < -0.4 is 14.8 Å². The third-order valence-electron chi connectivity index (χ3n) is 3.94. The lowest BCUT2D eigenvalue weighted by Crippen LogP contribution is -2.25. The van der Waals surface area contributed by atoms with Crippen molar-refractivity contribution in [1.82, 2.24) is 10.2 Å². The summed E-state index contributed by atoms with van der Waals surface area (Å²) in [5.41, 5.74) is 1.89. The fourth-order valence-corrected chi connectivity index (χ4v) is 2.77. The van der Waals surface area contributed by atoms with Crippen molar-refractivity contribution < 1.29 is 18.7 Å². The number of amides is 1. The molecule has 1 fully saturated rings. The highest BCUT2D eigenvalue weighted by Crippen LogP contribution is 2.30. The van der Waals surface area contributed by atoms with Crippen LogP contribution in [0.5, 0.6) is 11.5 Å². The van der Waals surface area contributed by atoms with E-state index in [1.54, 1.807) is 37.4 Å². The summed E-state index contributed by atoms with van der Waals surface area (Å²) < 4.78 is 24.7. The van der Waals surface area contributed by atoms with Gasteiger partial charge in [-0.25, -0.2) is 4.39 Å². The molecule has 3 rings (SSSR count). The monoisotopic (exact) mass is 386 g/mol. The Morgan fingerprint density at radius 3 is 2.67 bits per heavy atom. The molecule has 0 aromatic heterocycles. The molecule has 1 aliphatic heterocycles. The second kappa shape index (κ2) is 8.18. The first-order chi connectivity index (χ1) is 13.0. The Morgan fingerprint density at radius 2 is 2.00 bits per heavy atom. The predicted molar refractivity (Wildman–Crippen MR) is 105 cm³/mol. The van der Waals surface area contributed by atoms with Crippen molar-refractivity contribution in [1.29, 1.82) is 0 Å². The third kappa shape index (κ3) is 4.43. The van der Waals surface area contributed by atoms with Crippen LogP contribution in [0.1, 0.15) is 18.1 Å². The fourth-order valence-electron chi connectivity index (χ4n) is 2.58. The molecule has 0 bridgehead atoms. The lowest BCUT2D eigenvalue weighted by atomic mass is 10.1. The van der Waals surface area contributed by atoms with E-state index < -0.39 is 0 Å². The van der Waals surface area contributed by atoms with E-state index in [1.165, 1.54) is 17.0 Å². The Hall–Kier alpha value is -2.93. The number of rotatable bonds is 6. The van der Waals surface area contributed by atoms with E-state index in [0.29, 0.717) is 28.9 Å².